The van der Waals surface area contributed by atoms with Gasteiger partial charge in [0.2, 0.25) is 0 Å². The standard InChI is InChI=1S/C13H15F3N2O3/c1-8-2-4-10(21-8)7-17-11-5-3-9(13(14,15)16)6-12(11)18(19)20/h3,5-6,8,10,17H,2,4,7H2,1H3. The highest BCUT2D eigenvalue weighted by Gasteiger charge is 2.33. The number of benzene rings is 1. The van der Waals surface area contributed by atoms with Gasteiger partial charge in [-0.1, -0.05) is 0 Å². The van der Waals surface area contributed by atoms with Crippen LogP contribution in [-0.2, 0) is 10.9 Å². The van der Waals surface area contributed by atoms with Crippen LogP contribution in [-0.4, -0.2) is 23.7 Å². The van der Waals surface area contributed by atoms with Crippen molar-refractivity contribution in [2.45, 2.75) is 38.1 Å². The van der Waals surface area contributed by atoms with Crippen LogP contribution in [0.3, 0.4) is 0 Å². The number of nitrogens with one attached hydrogen (secondary N) is 1. The van der Waals surface area contributed by atoms with Gasteiger partial charge in [-0.2, -0.15) is 13.2 Å². The Kier molecular flexibility index (Phi) is 4.36. The number of rotatable bonds is 4. The molecule has 2 atom stereocenters. The highest BCUT2D eigenvalue weighted by molar-refractivity contribution is 5.63. The lowest BCUT2D eigenvalue weighted by Crippen LogP contribution is -2.20. The Balaban J connectivity index is 2.13. The summed E-state index contributed by atoms with van der Waals surface area (Å²) >= 11 is 0. The molecule has 2 rings (SSSR count). The van der Waals surface area contributed by atoms with Crippen molar-refractivity contribution in [1.82, 2.24) is 0 Å². The third-order valence-electron chi connectivity index (χ3n) is 3.36. The van der Waals surface area contributed by atoms with Gasteiger partial charge in [0.05, 0.1) is 22.7 Å². The minimum atomic E-state index is -4.60. The first-order chi connectivity index (χ1) is 9.77. The van der Waals surface area contributed by atoms with E-state index in [4.69, 9.17) is 4.74 Å². The monoisotopic (exact) mass is 304 g/mol. The van der Waals surface area contributed by atoms with Gasteiger partial charge in [0, 0.05) is 12.6 Å². The lowest BCUT2D eigenvalue weighted by atomic mass is 10.1. The molecule has 1 aromatic carbocycles. The second-order valence-corrected chi connectivity index (χ2v) is 5.01. The molecule has 1 saturated heterocycles. The number of nitro groups is 1. The fraction of sp³-hybridized carbons (Fsp3) is 0.538. The molecule has 0 amide bonds. The topological polar surface area (TPSA) is 64.4 Å². The maximum atomic E-state index is 12.6. The van der Waals surface area contributed by atoms with Crippen LogP contribution in [0.5, 0.6) is 0 Å². The van der Waals surface area contributed by atoms with Gasteiger partial charge in [0.25, 0.3) is 5.69 Å². The van der Waals surface area contributed by atoms with Gasteiger partial charge >= 0.3 is 6.18 Å². The number of halogens is 3. The zero-order valence-corrected chi connectivity index (χ0v) is 11.3. The van der Waals surface area contributed by atoms with Crippen LogP contribution in [0, 0.1) is 10.1 Å². The first kappa shape index (κ1) is 15.6. The molecule has 1 fully saturated rings. The molecule has 0 radical (unpaired) electrons. The third kappa shape index (κ3) is 3.84. The minimum Gasteiger partial charge on any atom is -0.377 e. The Morgan fingerprint density at radius 1 is 1.43 bits per heavy atom. The van der Waals surface area contributed by atoms with E-state index in [2.05, 4.69) is 5.32 Å². The molecule has 1 aromatic rings. The molecule has 116 valence electrons. The van der Waals surface area contributed by atoms with Gasteiger partial charge in [-0.3, -0.25) is 10.1 Å². The van der Waals surface area contributed by atoms with Crippen LogP contribution in [0.25, 0.3) is 0 Å². The number of nitro benzene ring substituents is 1. The summed E-state index contributed by atoms with van der Waals surface area (Å²) in [5, 5.41) is 13.7. The summed E-state index contributed by atoms with van der Waals surface area (Å²) in [5.74, 6) is 0. The molecule has 1 aliphatic heterocycles. The van der Waals surface area contributed by atoms with Crippen molar-refractivity contribution in [3.05, 3.63) is 33.9 Å². The Bertz CT molecular complexity index is 534. The third-order valence-corrected chi connectivity index (χ3v) is 3.36. The number of nitrogens with zero attached hydrogens (tertiary/aromatic N) is 1. The molecule has 0 aliphatic carbocycles. The highest BCUT2D eigenvalue weighted by atomic mass is 19.4. The van der Waals surface area contributed by atoms with Crippen molar-refractivity contribution in [3.63, 3.8) is 0 Å². The smallest absolute Gasteiger partial charge is 0.377 e. The molecule has 5 nitrogen and oxygen atoms in total. The molecule has 1 aliphatic rings. The number of hydrogen-bond donors (Lipinski definition) is 1. The molecule has 0 saturated carbocycles. The van der Waals surface area contributed by atoms with E-state index in [-0.39, 0.29) is 17.9 Å². The fourth-order valence-electron chi connectivity index (χ4n) is 2.27. The number of alkyl halides is 3. The molecule has 0 bridgehead atoms. The quantitative estimate of drug-likeness (QED) is 0.682. The van der Waals surface area contributed by atoms with Crippen molar-refractivity contribution in [3.8, 4) is 0 Å². The van der Waals surface area contributed by atoms with E-state index in [9.17, 15) is 23.3 Å². The van der Waals surface area contributed by atoms with Gasteiger partial charge in [-0.15, -0.1) is 0 Å². The Morgan fingerprint density at radius 2 is 2.14 bits per heavy atom. The van der Waals surface area contributed by atoms with Gasteiger partial charge in [-0.05, 0) is 31.9 Å². The predicted octanol–water partition coefficient (Wildman–Crippen LogP) is 3.59. The molecule has 0 spiro atoms. The highest BCUT2D eigenvalue weighted by Crippen LogP contribution is 2.35. The van der Waals surface area contributed by atoms with Crippen LogP contribution < -0.4 is 5.32 Å². The van der Waals surface area contributed by atoms with Gasteiger partial charge in [-0.25, -0.2) is 0 Å². The summed E-state index contributed by atoms with van der Waals surface area (Å²) in [6, 6.07) is 2.45. The molecule has 21 heavy (non-hydrogen) atoms. The van der Waals surface area contributed by atoms with Crippen molar-refractivity contribution in [2.75, 3.05) is 11.9 Å². The summed E-state index contributed by atoms with van der Waals surface area (Å²) in [6.07, 6.45) is -2.82. The zero-order valence-electron chi connectivity index (χ0n) is 11.3. The second kappa shape index (κ2) is 5.88. The van der Waals surface area contributed by atoms with E-state index in [0.717, 1.165) is 25.0 Å². The Morgan fingerprint density at radius 3 is 2.67 bits per heavy atom. The SMILES string of the molecule is CC1CCC(CNc2ccc(C(F)(F)F)cc2[N+](=O)[O-])O1. The van der Waals surface area contributed by atoms with Crippen molar-refractivity contribution >= 4 is 11.4 Å². The lowest BCUT2D eigenvalue weighted by Gasteiger charge is -2.14. The first-order valence-corrected chi connectivity index (χ1v) is 6.52. The summed E-state index contributed by atoms with van der Waals surface area (Å²) in [7, 11) is 0. The molecule has 8 heteroatoms. The zero-order chi connectivity index (χ0) is 15.6. The van der Waals surface area contributed by atoms with Crippen molar-refractivity contribution < 1.29 is 22.8 Å². The van der Waals surface area contributed by atoms with Crippen LogP contribution in [0.4, 0.5) is 24.5 Å². The van der Waals surface area contributed by atoms with Gasteiger partial charge in [0.1, 0.15) is 5.69 Å². The van der Waals surface area contributed by atoms with Crippen LogP contribution in [0.2, 0.25) is 0 Å². The van der Waals surface area contributed by atoms with E-state index >= 15 is 0 Å². The van der Waals surface area contributed by atoms with Crippen molar-refractivity contribution in [1.29, 1.82) is 0 Å². The van der Waals surface area contributed by atoms with Crippen LogP contribution in [0.1, 0.15) is 25.3 Å². The van der Waals surface area contributed by atoms with Gasteiger partial charge < -0.3 is 10.1 Å². The van der Waals surface area contributed by atoms with E-state index in [1.54, 1.807) is 0 Å². The molecule has 2 unspecified atom stereocenters. The first-order valence-electron chi connectivity index (χ1n) is 6.52. The van der Waals surface area contributed by atoms with Crippen molar-refractivity contribution in [2.24, 2.45) is 0 Å². The largest absolute Gasteiger partial charge is 0.416 e. The van der Waals surface area contributed by atoms with Gasteiger partial charge in [0.15, 0.2) is 0 Å². The predicted molar refractivity (Wildman–Crippen MR) is 70.2 cm³/mol. The van der Waals surface area contributed by atoms with Crippen LogP contribution in [0.15, 0.2) is 18.2 Å². The average molecular weight is 304 g/mol. The minimum absolute atomic E-state index is 0.0659. The number of anilines is 1. The van der Waals surface area contributed by atoms with E-state index in [1.807, 2.05) is 6.92 Å². The summed E-state index contributed by atoms with van der Waals surface area (Å²) in [5.41, 5.74) is -1.56. The maximum Gasteiger partial charge on any atom is 0.416 e. The normalized spacial score (nSPS) is 22.3. The summed E-state index contributed by atoms with van der Waals surface area (Å²) in [4.78, 5) is 10.1. The van der Waals surface area contributed by atoms with E-state index in [0.29, 0.717) is 12.6 Å². The maximum absolute atomic E-state index is 12.6. The lowest BCUT2D eigenvalue weighted by molar-refractivity contribution is -0.384. The number of ether oxygens (including phenoxy) is 1. The number of hydrogen-bond acceptors (Lipinski definition) is 4. The average Bonchev–Trinajstić information content (AvgIpc) is 2.80. The fourth-order valence-corrected chi connectivity index (χ4v) is 2.27. The molecule has 1 heterocycles. The Labute approximate surface area is 119 Å². The molecular weight excluding hydrogens is 289 g/mol. The second-order valence-electron chi connectivity index (χ2n) is 5.01. The van der Waals surface area contributed by atoms with Crippen LogP contribution >= 0.6 is 0 Å². The molecular formula is C13H15F3N2O3. The van der Waals surface area contributed by atoms with E-state index in [1.165, 1.54) is 0 Å². The summed E-state index contributed by atoms with van der Waals surface area (Å²) in [6.45, 7) is 2.26. The Hall–Kier alpha value is -1.83. The molecule has 1 N–H and O–H groups in total. The van der Waals surface area contributed by atoms with E-state index < -0.39 is 22.4 Å². The molecule has 0 aromatic heterocycles. The summed E-state index contributed by atoms with van der Waals surface area (Å²) < 4.78 is 43.3.